The highest BCUT2D eigenvalue weighted by molar-refractivity contribution is 5.98. The van der Waals surface area contributed by atoms with Gasteiger partial charge in [-0.1, -0.05) is 6.07 Å². The van der Waals surface area contributed by atoms with Crippen LogP contribution < -0.4 is 4.74 Å². The number of benzene rings is 1. The van der Waals surface area contributed by atoms with E-state index in [0.29, 0.717) is 48.7 Å². The van der Waals surface area contributed by atoms with E-state index in [2.05, 4.69) is 19.9 Å². The molecule has 1 aliphatic rings. The fraction of sp³-hybridized carbons (Fsp3) is 0.158. The Kier molecular flexibility index (Phi) is 4.52. The van der Waals surface area contributed by atoms with Crippen LogP contribution in [-0.2, 0) is 6.54 Å². The van der Waals surface area contributed by atoms with Gasteiger partial charge < -0.3 is 9.64 Å². The van der Waals surface area contributed by atoms with Crippen LogP contribution in [0.2, 0.25) is 0 Å². The molecule has 0 radical (unpaired) electrons. The minimum absolute atomic E-state index is 0.113. The van der Waals surface area contributed by atoms with Crippen molar-refractivity contribution >= 4 is 12.2 Å². The van der Waals surface area contributed by atoms with E-state index in [-0.39, 0.29) is 11.7 Å². The molecule has 134 valence electrons. The summed E-state index contributed by atoms with van der Waals surface area (Å²) in [5.74, 6) is 1.07. The van der Waals surface area contributed by atoms with Gasteiger partial charge in [0.2, 0.25) is 0 Å². The average Bonchev–Trinajstić information content (AvgIpc) is 2.88. The second-order valence-corrected chi connectivity index (χ2v) is 5.90. The van der Waals surface area contributed by atoms with Gasteiger partial charge in [-0.2, -0.15) is 0 Å². The maximum absolute atomic E-state index is 13.0. The number of hydrogen-bond acceptors (Lipinski definition) is 7. The van der Waals surface area contributed by atoms with Crippen LogP contribution >= 0.6 is 0 Å². The summed E-state index contributed by atoms with van der Waals surface area (Å²) < 4.78 is 5.73. The van der Waals surface area contributed by atoms with Crippen LogP contribution in [-0.4, -0.2) is 50.2 Å². The van der Waals surface area contributed by atoms with Crippen molar-refractivity contribution in [2.45, 2.75) is 6.54 Å². The lowest BCUT2D eigenvalue weighted by atomic mass is 10.0. The van der Waals surface area contributed by atoms with Crippen molar-refractivity contribution in [2.24, 2.45) is 0 Å². The Morgan fingerprint density at radius 2 is 1.85 bits per heavy atom. The second-order valence-electron chi connectivity index (χ2n) is 5.90. The number of hydrogen-bond donors (Lipinski definition) is 0. The number of carbonyl (C=O) groups is 2. The van der Waals surface area contributed by atoms with Gasteiger partial charge >= 0.3 is 0 Å². The van der Waals surface area contributed by atoms with Crippen LogP contribution in [0.15, 0.2) is 49.1 Å². The van der Waals surface area contributed by atoms with E-state index in [1.165, 1.54) is 0 Å². The Balaban J connectivity index is 1.65. The lowest BCUT2D eigenvalue weighted by Gasteiger charge is -2.18. The van der Waals surface area contributed by atoms with E-state index in [1.54, 1.807) is 47.9 Å². The minimum Gasteiger partial charge on any atom is -0.491 e. The largest absolute Gasteiger partial charge is 0.491 e. The van der Waals surface area contributed by atoms with Gasteiger partial charge in [-0.15, -0.1) is 0 Å². The number of amides is 1. The van der Waals surface area contributed by atoms with Gasteiger partial charge in [0.25, 0.3) is 5.91 Å². The van der Waals surface area contributed by atoms with Gasteiger partial charge in [0.05, 0.1) is 18.7 Å². The van der Waals surface area contributed by atoms with E-state index < -0.39 is 0 Å². The molecule has 0 atom stereocenters. The van der Waals surface area contributed by atoms with Crippen LogP contribution in [0.5, 0.6) is 5.75 Å². The number of aromatic nitrogens is 4. The molecule has 3 heterocycles. The molecule has 0 spiro atoms. The predicted molar refractivity (Wildman–Crippen MR) is 95.1 cm³/mol. The lowest BCUT2D eigenvalue weighted by molar-refractivity contribution is 0.0738. The highest BCUT2D eigenvalue weighted by atomic mass is 16.5. The van der Waals surface area contributed by atoms with Crippen LogP contribution in [0, 0.1) is 0 Å². The van der Waals surface area contributed by atoms with Crippen molar-refractivity contribution in [3.8, 4) is 16.9 Å². The molecule has 8 heteroatoms. The predicted octanol–water partition coefficient (Wildman–Crippen LogP) is 1.78. The van der Waals surface area contributed by atoms with E-state index >= 15 is 0 Å². The van der Waals surface area contributed by atoms with Gasteiger partial charge in [-0.25, -0.2) is 19.9 Å². The van der Waals surface area contributed by atoms with E-state index in [0.717, 1.165) is 5.56 Å². The number of ether oxygens (including phenoxy) is 1. The monoisotopic (exact) mass is 361 g/mol. The summed E-state index contributed by atoms with van der Waals surface area (Å²) in [6.07, 6.45) is 6.99. The Bertz CT molecular complexity index is 976. The smallest absolute Gasteiger partial charge is 0.258 e. The molecular weight excluding hydrogens is 346 g/mol. The van der Waals surface area contributed by atoms with Crippen molar-refractivity contribution in [3.63, 3.8) is 0 Å². The second kappa shape index (κ2) is 7.28. The zero-order chi connectivity index (χ0) is 18.6. The van der Waals surface area contributed by atoms with Crippen molar-refractivity contribution in [1.29, 1.82) is 0 Å². The zero-order valence-corrected chi connectivity index (χ0v) is 14.3. The Morgan fingerprint density at radius 3 is 2.59 bits per heavy atom. The molecule has 2 aromatic heterocycles. The fourth-order valence-electron chi connectivity index (χ4n) is 2.82. The summed E-state index contributed by atoms with van der Waals surface area (Å²) in [4.78, 5) is 41.7. The molecular formula is C19H15N5O3. The molecule has 0 saturated carbocycles. The Morgan fingerprint density at radius 1 is 1.07 bits per heavy atom. The molecule has 1 amide bonds. The highest BCUT2D eigenvalue weighted by Crippen LogP contribution is 2.29. The van der Waals surface area contributed by atoms with E-state index in [1.807, 2.05) is 6.07 Å². The molecule has 0 N–H and O–H groups in total. The molecule has 1 aliphatic heterocycles. The van der Waals surface area contributed by atoms with Crippen LogP contribution in [0.3, 0.4) is 0 Å². The first-order valence-electron chi connectivity index (χ1n) is 8.34. The standard InChI is InChI=1S/C19H15N5O3/c25-12-18-22-9-14(10-23-18)13-2-3-16-15(8-13)19(26)24(6-7-27-16)11-17-20-4-1-5-21-17/h1-5,8-10,12H,6-7,11H2. The average molecular weight is 361 g/mol. The summed E-state index contributed by atoms with van der Waals surface area (Å²) >= 11 is 0. The Labute approximate surface area is 154 Å². The molecule has 0 aliphatic carbocycles. The molecule has 0 saturated heterocycles. The highest BCUT2D eigenvalue weighted by Gasteiger charge is 2.25. The molecule has 27 heavy (non-hydrogen) atoms. The first-order valence-corrected chi connectivity index (χ1v) is 8.34. The normalized spacial score (nSPS) is 13.5. The van der Waals surface area contributed by atoms with Gasteiger partial charge in [0.15, 0.2) is 12.1 Å². The number of nitrogens with zero attached hydrogens (tertiary/aromatic N) is 5. The molecule has 0 bridgehead atoms. The van der Waals surface area contributed by atoms with Gasteiger partial charge in [0.1, 0.15) is 18.2 Å². The van der Waals surface area contributed by atoms with E-state index in [9.17, 15) is 9.59 Å². The molecule has 0 unspecified atom stereocenters. The van der Waals surface area contributed by atoms with Crippen LogP contribution in [0.25, 0.3) is 11.1 Å². The summed E-state index contributed by atoms with van der Waals surface area (Å²) in [7, 11) is 0. The van der Waals surface area contributed by atoms with Crippen molar-refractivity contribution in [1.82, 2.24) is 24.8 Å². The summed E-state index contributed by atoms with van der Waals surface area (Å²) in [5, 5.41) is 0. The zero-order valence-electron chi connectivity index (χ0n) is 14.3. The molecule has 4 rings (SSSR count). The molecule has 8 nitrogen and oxygen atoms in total. The topological polar surface area (TPSA) is 98.2 Å². The fourth-order valence-corrected chi connectivity index (χ4v) is 2.82. The van der Waals surface area contributed by atoms with Crippen molar-refractivity contribution < 1.29 is 14.3 Å². The maximum Gasteiger partial charge on any atom is 0.258 e. The molecule has 1 aromatic carbocycles. The van der Waals surface area contributed by atoms with Crippen molar-refractivity contribution in [3.05, 3.63) is 66.3 Å². The van der Waals surface area contributed by atoms with E-state index in [4.69, 9.17) is 4.74 Å². The quantitative estimate of drug-likeness (QED) is 0.653. The first kappa shape index (κ1) is 16.8. The summed E-state index contributed by atoms with van der Waals surface area (Å²) in [6, 6.07) is 7.08. The number of aldehydes is 1. The summed E-state index contributed by atoms with van der Waals surface area (Å²) in [5.41, 5.74) is 1.93. The van der Waals surface area contributed by atoms with Gasteiger partial charge in [0, 0.05) is 30.4 Å². The van der Waals surface area contributed by atoms with Gasteiger partial charge in [-0.3, -0.25) is 9.59 Å². The van der Waals surface area contributed by atoms with Crippen molar-refractivity contribution in [2.75, 3.05) is 13.2 Å². The third-order valence-electron chi connectivity index (χ3n) is 4.18. The van der Waals surface area contributed by atoms with Crippen LogP contribution in [0.4, 0.5) is 0 Å². The Hall–Kier alpha value is -3.68. The lowest BCUT2D eigenvalue weighted by Crippen LogP contribution is -2.32. The number of carbonyl (C=O) groups excluding carboxylic acids is 2. The number of fused-ring (bicyclic) bond motifs is 1. The third kappa shape index (κ3) is 3.50. The summed E-state index contributed by atoms with van der Waals surface area (Å²) in [6.45, 7) is 1.14. The maximum atomic E-state index is 13.0. The minimum atomic E-state index is -0.151. The van der Waals surface area contributed by atoms with Gasteiger partial charge in [-0.05, 0) is 23.8 Å². The number of rotatable bonds is 4. The first-order chi connectivity index (χ1) is 13.2. The SMILES string of the molecule is O=Cc1ncc(-c2ccc3c(c2)C(=O)N(Cc2ncccn2)CCO3)cn1. The molecule has 0 fully saturated rings. The van der Waals surface area contributed by atoms with Crippen LogP contribution in [0.1, 0.15) is 26.8 Å². The molecule has 3 aromatic rings. The third-order valence-corrected chi connectivity index (χ3v) is 4.18.